The summed E-state index contributed by atoms with van der Waals surface area (Å²) in [6.45, 7) is 3.26. The van der Waals surface area contributed by atoms with Crippen molar-refractivity contribution in [2.45, 2.75) is 12.5 Å². The third-order valence-electron chi connectivity index (χ3n) is 5.70. The first-order valence-electron chi connectivity index (χ1n) is 9.94. The van der Waals surface area contributed by atoms with Gasteiger partial charge >= 0.3 is 5.97 Å². The van der Waals surface area contributed by atoms with Crippen LogP contribution in [0.3, 0.4) is 0 Å². The van der Waals surface area contributed by atoms with E-state index in [4.69, 9.17) is 28.9 Å². The number of nitrogens with two attached hydrogens (primary N) is 1. The summed E-state index contributed by atoms with van der Waals surface area (Å²) in [4.78, 5) is 19.7. The topological polar surface area (TPSA) is 85.6 Å². The van der Waals surface area contributed by atoms with Crippen molar-refractivity contribution in [3.63, 3.8) is 0 Å². The van der Waals surface area contributed by atoms with Crippen LogP contribution in [0.1, 0.15) is 17.2 Å². The molecule has 1 atom stereocenters. The molecule has 0 spiro atoms. The number of carbonyl (C=O) groups is 1. The van der Waals surface area contributed by atoms with Crippen LogP contribution in [0.5, 0.6) is 0 Å². The van der Waals surface area contributed by atoms with Gasteiger partial charge in [-0.3, -0.25) is 9.69 Å². The minimum absolute atomic E-state index is 0. The van der Waals surface area contributed by atoms with Gasteiger partial charge in [-0.2, -0.15) is 0 Å². The molecule has 3 aromatic rings. The Hall–Kier alpha value is -1.96. The average Bonchev–Trinajstić information content (AvgIpc) is 3.13. The fourth-order valence-corrected chi connectivity index (χ4v) is 4.45. The zero-order valence-corrected chi connectivity index (χ0v) is 19.2. The van der Waals surface area contributed by atoms with Crippen LogP contribution in [-0.4, -0.2) is 53.7 Å². The van der Waals surface area contributed by atoms with Gasteiger partial charge in [0.1, 0.15) is 6.04 Å². The fourth-order valence-electron chi connectivity index (χ4n) is 4.16. The average molecular weight is 484 g/mol. The number of H-pyrrole nitrogens is 1. The van der Waals surface area contributed by atoms with Crippen molar-refractivity contribution >= 4 is 58.2 Å². The van der Waals surface area contributed by atoms with Crippen molar-refractivity contribution in [1.82, 2.24) is 9.88 Å². The molecule has 6 nitrogen and oxygen atoms in total. The number of hydrogen-bond donors (Lipinski definition) is 3. The smallest absolute Gasteiger partial charge is 0.325 e. The molecule has 9 heteroatoms. The van der Waals surface area contributed by atoms with Crippen LogP contribution in [0, 0.1) is 0 Å². The van der Waals surface area contributed by atoms with Crippen molar-refractivity contribution in [3.05, 3.63) is 63.8 Å². The van der Waals surface area contributed by atoms with E-state index in [0.717, 1.165) is 34.1 Å². The van der Waals surface area contributed by atoms with Gasteiger partial charge in [-0.25, -0.2) is 0 Å². The minimum atomic E-state index is -0.840. The number of rotatable bonds is 6. The van der Waals surface area contributed by atoms with E-state index in [0.29, 0.717) is 42.8 Å². The molecule has 4 rings (SSSR count). The van der Waals surface area contributed by atoms with E-state index < -0.39 is 12.0 Å². The van der Waals surface area contributed by atoms with Crippen LogP contribution in [0.4, 0.5) is 5.69 Å². The summed E-state index contributed by atoms with van der Waals surface area (Å²) in [5.74, 6) is -0.840. The van der Waals surface area contributed by atoms with Gasteiger partial charge in [-0.05, 0) is 54.4 Å². The number of aromatic nitrogens is 1. The molecule has 0 bridgehead atoms. The van der Waals surface area contributed by atoms with Crippen LogP contribution < -0.4 is 10.6 Å². The molecule has 0 aliphatic carbocycles. The lowest BCUT2D eigenvalue weighted by molar-refractivity contribution is -0.143. The number of nitrogens with zero attached hydrogens (tertiary/aromatic N) is 2. The molecule has 1 saturated heterocycles. The number of carboxylic acids is 1. The molecule has 1 aliphatic rings. The van der Waals surface area contributed by atoms with Gasteiger partial charge < -0.3 is 20.7 Å². The van der Waals surface area contributed by atoms with Crippen LogP contribution in [0.15, 0.2) is 42.6 Å². The molecule has 2 heterocycles. The third kappa shape index (κ3) is 4.94. The summed E-state index contributed by atoms with van der Waals surface area (Å²) in [6, 6.07) is 10.7. The van der Waals surface area contributed by atoms with E-state index in [9.17, 15) is 9.90 Å². The quantitative estimate of drug-likeness (QED) is 0.485. The maximum absolute atomic E-state index is 12.2. The van der Waals surface area contributed by atoms with Crippen molar-refractivity contribution in [3.8, 4) is 0 Å². The lowest BCUT2D eigenvalue weighted by Crippen LogP contribution is -2.49. The third-order valence-corrected chi connectivity index (χ3v) is 6.44. The Kier molecular flexibility index (Phi) is 7.73. The Morgan fingerprint density at radius 1 is 1.10 bits per heavy atom. The van der Waals surface area contributed by atoms with Gasteiger partial charge in [0, 0.05) is 49.0 Å². The largest absolute Gasteiger partial charge is 0.480 e. The first kappa shape index (κ1) is 23.7. The highest BCUT2D eigenvalue weighted by atomic mass is 35.5. The van der Waals surface area contributed by atoms with E-state index in [1.54, 1.807) is 6.07 Å². The summed E-state index contributed by atoms with van der Waals surface area (Å²) >= 11 is 12.2. The van der Waals surface area contributed by atoms with E-state index in [1.807, 2.05) is 41.4 Å². The second-order valence-electron chi connectivity index (χ2n) is 7.52. The number of fused-ring (bicyclic) bond motifs is 1. The predicted molar refractivity (Wildman–Crippen MR) is 129 cm³/mol. The summed E-state index contributed by atoms with van der Waals surface area (Å²) < 4.78 is 0. The SMILES string of the molecule is Cl.NCCc1c[nH]c2ccc(C(C(=O)O)N3CCN(c4ccc(Cl)c(Cl)c4)CC3)cc12. The number of aliphatic carboxylic acids is 1. The molecule has 1 aliphatic heterocycles. The number of piperazine rings is 1. The second-order valence-corrected chi connectivity index (χ2v) is 8.33. The zero-order chi connectivity index (χ0) is 21.3. The van der Waals surface area contributed by atoms with E-state index in [-0.39, 0.29) is 12.4 Å². The zero-order valence-electron chi connectivity index (χ0n) is 16.9. The number of benzene rings is 2. The van der Waals surface area contributed by atoms with Gasteiger partial charge in [0.2, 0.25) is 0 Å². The predicted octanol–water partition coefficient (Wildman–Crippen LogP) is 4.35. The van der Waals surface area contributed by atoms with E-state index >= 15 is 0 Å². The lowest BCUT2D eigenvalue weighted by atomic mass is 10.0. The fraction of sp³-hybridized carbons (Fsp3) is 0.318. The number of aromatic amines is 1. The summed E-state index contributed by atoms with van der Waals surface area (Å²) in [5, 5.41) is 12.1. The Bertz CT molecular complexity index is 1060. The van der Waals surface area contributed by atoms with Gasteiger partial charge in [-0.1, -0.05) is 29.3 Å². The van der Waals surface area contributed by atoms with Crippen molar-refractivity contribution in [2.75, 3.05) is 37.6 Å². The summed E-state index contributed by atoms with van der Waals surface area (Å²) in [7, 11) is 0. The number of halogens is 3. The normalized spacial score (nSPS) is 15.6. The molecule has 4 N–H and O–H groups in total. The summed E-state index contributed by atoms with van der Waals surface area (Å²) in [6.07, 6.45) is 2.70. The Morgan fingerprint density at radius 3 is 2.48 bits per heavy atom. The van der Waals surface area contributed by atoms with E-state index in [2.05, 4.69) is 9.88 Å². The van der Waals surface area contributed by atoms with Crippen LogP contribution in [-0.2, 0) is 11.2 Å². The Balaban J connectivity index is 0.00000272. The van der Waals surface area contributed by atoms with Crippen molar-refractivity contribution < 1.29 is 9.90 Å². The summed E-state index contributed by atoms with van der Waals surface area (Å²) in [5.41, 5.74) is 9.61. The minimum Gasteiger partial charge on any atom is -0.480 e. The van der Waals surface area contributed by atoms with Gasteiger partial charge in [0.05, 0.1) is 10.0 Å². The molecule has 1 fully saturated rings. The van der Waals surface area contributed by atoms with Gasteiger partial charge in [0.25, 0.3) is 0 Å². The van der Waals surface area contributed by atoms with Crippen molar-refractivity contribution in [1.29, 1.82) is 0 Å². The number of hydrogen-bond acceptors (Lipinski definition) is 4. The molecule has 1 unspecified atom stereocenters. The van der Waals surface area contributed by atoms with Gasteiger partial charge in [0.15, 0.2) is 0 Å². The van der Waals surface area contributed by atoms with Crippen LogP contribution in [0.25, 0.3) is 10.9 Å². The molecule has 0 amide bonds. The molecule has 0 radical (unpaired) electrons. The van der Waals surface area contributed by atoms with Crippen LogP contribution >= 0.6 is 35.6 Å². The molecule has 31 heavy (non-hydrogen) atoms. The molecule has 166 valence electrons. The number of nitrogens with one attached hydrogen (secondary N) is 1. The molecular weight excluding hydrogens is 459 g/mol. The highest BCUT2D eigenvalue weighted by Crippen LogP contribution is 2.31. The molecule has 0 saturated carbocycles. The first-order valence-corrected chi connectivity index (χ1v) is 10.7. The molecule has 2 aromatic carbocycles. The van der Waals surface area contributed by atoms with E-state index in [1.165, 1.54) is 0 Å². The highest BCUT2D eigenvalue weighted by molar-refractivity contribution is 6.42. The second kappa shape index (κ2) is 10.1. The highest BCUT2D eigenvalue weighted by Gasteiger charge is 2.31. The molecular formula is C22H25Cl3N4O2. The number of anilines is 1. The monoisotopic (exact) mass is 482 g/mol. The molecule has 1 aromatic heterocycles. The van der Waals surface area contributed by atoms with Gasteiger partial charge in [-0.15, -0.1) is 12.4 Å². The van der Waals surface area contributed by atoms with Crippen LogP contribution in [0.2, 0.25) is 10.0 Å². The maximum atomic E-state index is 12.2. The Labute approximate surface area is 197 Å². The Morgan fingerprint density at radius 2 is 1.84 bits per heavy atom. The standard InChI is InChI=1S/C22H24Cl2N4O2.ClH/c23-18-3-2-16(12-19(18)24)27-7-9-28(10-8-27)21(22(29)30)14-1-4-20-17(11-14)15(5-6-25)13-26-20;/h1-4,11-13,21,26H,5-10,25H2,(H,29,30);1H. The lowest BCUT2D eigenvalue weighted by Gasteiger charge is -2.39. The maximum Gasteiger partial charge on any atom is 0.325 e. The number of carboxylic acid groups (broad SMARTS) is 1. The first-order chi connectivity index (χ1) is 14.5. The van der Waals surface area contributed by atoms with Crippen molar-refractivity contribution in [2.24, 2.45) is 5.73 Å².